The van der Waals surface area contributed by atoms with E-state index < -0.39 is 0 Å². The first kappa shape index (κ1) is 25.9. The Labute approximate surface area is 215 Å². The van der Waals surface area contributed by atoms with E-state index in [2.05, 4.69) is 43.9 Å². The van der Waals surface area contributed by atoms with E-state index in [1.165, 1.54) is 5.56 Å². The summed E-state index contributed by atoms with van der Waals surface area (Å²) in [6, 6.07) is 14.2. The highest BCUT2D eigenvalue weighted by atomic mass is 16.5. The molecular weight excluding hydrogens is 454 g/mol. The number of nitrogens with zero attached hydrogens (tertiary/aromatic N) is 3. The van der Waals surface area contributed by atoms with Gasteiger partial charge in [0.25, 0.3) is 5.91 Å². The number of para-hydroxylation sites is 2. The average molecular weight is 494 g/mol. The van der Waals surface area contributed by atoms with Gasteiger partial charge in [0, 0.05) is 39.1 Å². The Balaban J connectivity index is 1.32. The molecule has 7 nitrogen and oxygen atoms in total. The van der Waals surface area contributed by atoms with Gasteiger partial charge in [0.2, 0.25) is 5.91 Å². The zero-order valence-corrected chi connectivity index (χ0v) is 22.1. The van der Waals surface area contributed by atoms with Crippen LogP contribution in [0.25, 0.3) is 0 Å². The van der Waals surface area contributed by atoms with Crippen LogP contribution in [0.2, 0.25) is 0 Å². The first-order chi connectivity index (χ1) is 17.3. The first-order valence-corrected chi connectivity index (χ1v) is 13.2. The van der Waals surface area contributed by atoms with Gasteiger partial charge >= 0.3 is 0 Å². The molecule has 0 unspecified atom stereocenters. The van der Waals surface area contributed by atoms with Crippen LogP contribution in [0.1, 0.15) is 52.5 Å². The van der Waals surface area contributed by atoms with Crippen molar-refractivity contribution in [3.63, 3.8) is 0 Å². The lowest BCUT2D eigenvalue weighted by Gasteiger charge is -2.37. The maximum Gasteiger partial charge on any atom is 0.265 e. The summed E-state index contributed by atoms with van der Waals surface area (Å²) >= 11 is 0. The maximum atomic E-state index is 13.0. The molecule has 0 N–H and O–H groups in total. The van der Waals surface area contributed by atoms with Crippen molar-refractivity contribution < 1.29 is 19.1 Å². The SMILES string of the molecule is CCOc1ccccc1N1CCN(C(=O)CCCN2C(=O)COc3ccc(C(C)(C)CC)cc32)CC1. The van der Waals surface area contributed by atoms with Gasteiger partial charge in [-0.2, -0.15) is 0 Å². The second-order valence-corrected chi connectivity index (χ2v) is 10.1. The van der Waals surface area contributed by atoms with Crippen LogP contribution in [-0.2, 0) is 15.0 Å². The van der Waals surface area contributed by atoms with E-state index in [0.717, 1.165) is 42.4 Å². The predicted octanol–water partition coefficient (Wildman–Crippen LogP) is 4.63. The molecule has 1 saturated heterocycles. The molecule has 194 valence electrons. The second kappa shape index (κ2) is 11.2. The minimum absolute atomic E-state index is 0.0164. The van der Waals surface area contributed by atoms with E-state index >= 15 is 0 Å². The molecule has 1 fully saturated rings. The smallest absolute Gasteiger partial charge is 0.265 e. The lowest BCUT2D eigenvalue weighted by molar-refractivity contribution is -0.131. The van der Waals surface area contributed by atoms with Crippen molar-refractivity contribution in [3.05, 3.63) is 48.0 Å². The fourth-order valence-corrected chi connectivity index (χ4v) is 4.81. The third-order valence-corrected chi connectivity index (χ3v) is 7.48. The fraction of sp³-hybridized carbons (Fsp3) is 0.517. The molecule has 0 bridgehead atoms. The average Bonchev–Trinajstić information content (AvgIpc) is 2.90. The van der Waals surface area contributed by atoms with Crippen molar-refractivity contribution in [2.45, 2.75) is 52.4 Å². The number of hydrogen-bond acceptors (Lipinski definition) is 5. The lowest BCUT2D eigenvalue weighted by atomic mass is 9.82. The highest BCUT2D eigenvalue weighted by Gasteiger charge is 2.29. The molecule has 2 aromatic rings. The van der Waals surface area contributed by atoms with Crippen LogP contribution in [0.15, 0.2) is 42.5 Å². The Morgan fingerprint density at radius 2 is 1.78 bits per heavy atom. The van der Waals surface area contributed by atoms with Crippen molar-refractivity contribution in [1.82, 2.24) is 4.90 Å². The van der Waals surface area contributed by atoms with E-state index in [1.807, 2.05) is 36.1 Å². The maximum absolute atomic E-state index is 13.0. The number of ether oxygens (including phenoxy) is 2. The predicted molar refractivity (Wildman–Crippen MR) is 143 cm³/mol. The minimum Gasteiger partial charge on any atom is -0.492 e. The Morgan fingerprint density at radius 1 is 1.03 bits per heavy atom. The van der Waals surface area contributed by atoms with Gasteiger partial charge in [-0.15, -0.1) is 0 Å². The molecule has 2 amide bonds. The molecule has 2 aliphatic rings. The highest BCUT2D eigenvalue weighted by Crippen LogP contribution is 2.37. The molecule has 0 spiro atoms. The summed E-state index contributed by atoms with van der Waals surface area (Å²) in [4.78, 5) is 31.7. The number of piperazine rings is 1. The Hall–Kier alpha value is -3.22. The molecule has 0 radical (unpaired) electrons. The molecule has 0 atom stereocenters. The number of amides is 2. The van der Waals surface area contributed by atoms with E-state index in [1.54, 1.807) is 4.90 Å². The Bertz CT molecular complexity index is 1080. The highest BCUT2D eigenvalue weighted by molar-refractivity contribution is 5.98. The van der Waals surface area contributed by atoms with Gasteiger partial charge in [0.1, 0.15) is 11.5 Å². The first-order valence-electron chi connectivity index (χ1n) is 13.2. The van der Waals surface area contributed by atoms with Gasteiger partial charge in [0.05, 0.1) is 18.0 Å². The van der Waals surface area contributed by atoms with E-state index in [4.69, 9.17) is 9.47 Å². The third kappa shape index (κ3) is 5.61. The number of carbonyl (C=O) groups is 2. The van der Waals surface area contributed by atoms with Crippen LogP contribution < -0.4 is 19.3 Å². The number of benzene rings is 2. The van der Waals surface area contributed by atoms with Crippen LogP contribution in [0.3, 0.4) is 0 Å². The standard InChI is InChI=1S/C29H39N3O4/c1-5-29(3,4)22-13-14-26-24(20-22)32(28(34)21-36-26)15-9-12-27(33)31-18-16-30(17-19-31)23-10-7-8-11-25(23)35-6-2/h7-8,10-11,13-14,20H,5-6,9,12,15-19,21H2,1-4H3. The van der Waals surface area contributed by atoms with Gasteiger partial charge in [-0.3, -0.25) is 9.59 Å². The van der Waals surface area contributed by atoms with Crippen LogP contribution in [-0.4, -0.2) is 62.7 Å². The summed E-state index contributed by atoms with van der Waals surface area (Å²) < 4.78 is 11.5. The molecular formula is C29H39N3O4. The quantitative estimate of drug-likeness (QED) is 0.510. The van der Waals surface area contributed by atoms with E-state index in [9.17, 15) is 9.59 Å². The molecule has 0 aromatic heterocycles. The Morgan fingerprint density at radius 3 is 2.50 bits per heavy atom. The van der Waals surface area contributed by atoms with Crippen LogP contribution in [0.4, 0.5) is 11.4 Å². The van der Waals surface area contributed by atoms with Crippen LogP contribution in [0.5, 0.6) is 11.5 Å². The summed E-state index contributed by atoms with van der Waals surface area (Å²) in [6.45, 7) is 12.7. The van der Waals surface area contributed by atoms with Gasteiger partial charge in [-0.25, -0.2) is 0 Å². The van der Waals surface area contributed by atoms with Crippen molar-refractivity contribution in [2.75, 3.05) is 55.7 Å². The second-order valence-electron chi connectivity index (χ2n) is 10.1. The van der Waals surface area contributed by atoms with Gasteiger partial charge in [-0.05, 0) is 55.0 Å². The minimum atomic E-state index is -0.0528. The van der Waals surface area contributed by atoms with Gasteiger partial charge < -0.3 is 24.2 Å². The largest absolute Gasteiger partial charge is 0.492 e. The van der Waals surface area contributed by atoms with Crippen molar-refractivity contribution >= 4 is 23.2 Å². The van der Waals surface area contributed by atoms with Crippen molar-refractivity contribution in [1.29, 1.82) is 0 Å². The molecule has 2 aliphatic heterocycles. The molecule has 0 saturated carbocycles. The number of rotatable bonds is 9. The molecule has 36 heavy (non-hydrogen) atoms. The summed E-state index contributed by atoms with van der Waals surface area (Å²) in [6.07, 6.45) is 2.05. The van der Waals surface area contributed by atoms with Gasteiger partial charge in [0.15, 0.2) is 6.61 Å². The molecule has 0 aliphatic carbocycles. The normalized spacial score (nSPS) is 16.0. The van der Waals surface area contributed by atoms with Crippen LogP contribution in [0, 0.1) is 0 Å². The van der Waals surface area contributed by atoms with Gasteiger partial charge in [-0.1, -0.05) is 39.0 Å². The number of carbonyl (C=O) groups excluding carboxylic acids is 2. The van der Waals surface area contributed by atoms with E-state index in [0.29, 0.717) is 39.1 Å². The summed E-state index contributed by atoms with van der Waals surface area (Å²) in [5, 5.41) is 0. The molecule has 4 rings (SSSR count). The summed E-state index contributed by atoms with van der Waals surface area (Å²) in [5.41, 5.74) is 3.11. The zero-order valence-electron chi connectivity index (χ0n) is 22.1. The summed E-state index contributed by atoms with van der Waals surface area (Å²) in [5.74, 6) is 1.72. The zero-order chi connectivity index (χ0) is 25.7. The van der Waals surface area contributed by atoms with Crippen LogP contribution >= 0.6 is 0 Å². The number of hydrogen-bond donors (Lipinski definition) is 0. The molecule has 2 aromatic carbocycles. The number of anilines is 2. The molecule has 2 heterocycles. The fourth-order valence-electron chi connectivity index (χ4n) is 4.81. The molecule has 7 heteroatoms. The monoisotopic (exact) mass is 493 g/mol. The topological polar surface area (TPSA) is 62.3 Å². The lowest BCUT2D eigenvalue weighted by Crippen LogP contribution is -2.49. The van der Waals surface area contributed by atoms with Crippen molar-refractivity contribution in [3.8, 4) is 11.5 Å². The van der Waals surface area contributed by atoms with Crippen molar-refractivity contribution in [2.24, 2.45) is 0 Å². The Kier molecular flexibility index (Phi) is 8.07. The number of fused-ring (bicyclic) bond motifs is 1. The van der Waals surface area contributed by atoms with E-state index in [-0.39, 0.29) is 23.8 Å². The summed E-state index contributed by atoms with van der Waals surface area (Å²) in [7, 11) is 0. The third-order valence-electron chi connectivity index (χ3n) is 7.48.